The van der Waals surface area contributed by atoms with Crippen LogP contribution in [-0.4, -0.2) is 11.9 Å². The zero-order chi connectivity index (χ0) is 9.84. The van der Waals surface area contributed by atoms with Gasteiger partial charge in [-0.25, -0.2) is 0 Å². The van der Waals surface area contributed by atoms with Crippen molar-refractivity contribution in [2.45, 2.75) is 52.5 Å². The highest BCUT2D eigenvalue weighted by Gasteiger charge is 2.22. The van der Waals surface area contributed by atoms with Gasteiger partial charge in [0.2, 0.25) is 5.91 Å². The van der Waals surface area contributed by atoms with Crippen molar-refractivity contribution in [3.63, 3.8) is 0 Å². The summed E-state index contributed by atoms with van der Waals surface area (Å²) in [6.07, 6.45) is 4.28. The van der Waals surface area contributed by atoms with Gasteiger partial charge in [0.1, 0.15) is 0 Å². The van der Waals surface area contributed by atoms with Crippen LogP contribution in [0.1, 0.15) is 46.5 Å². The van der Waals surface area contributed by atoms with E-state index in [0.29, 0.717) is 18.4 Å². The second-order valence-electron chi connectivity index (χ2n) is 4.78. The maximum Gasteiger partial charge on any atom is 0.220 e. The zero-order valence-electron chi connectivity index (χ0n) is 8.97. The Morgan fingerprint density at radius 2 is 2.15 bits per heavy atom. The van der Waals surface area contributed by atoms with Crippen molar-refractivity contribution in [2.24, 2.45) is 11.8 Å². The molecule has 2 atom stereocenters. The molecule has 1 saturated carbocycles. The molecule has 0 bridgehead atoms. The van der Waals surface area contributed by atoms with Gasteiger partial charge in [0.15, 0.2) is 0 Å². The van der Waals surface area contributed by atoms with E-state index >= 15 is 0 Å². The number of hydrogen-bond acceptors (Lipinski definition) is 1. The van der Waals surface area contributed by atoms with E-state index in [4.69, 9.17) is 0 Å². The first kappa shape index (κ1) is 10.6. The topological polar surface area (TPSA) is 29.1 Å². The normalized spacial score (nSPS) is 28.0. The minimum atomic E-state index is 0.231. The first-order valence-electron chi connectivity index (χ1n) is 5.37. The van der Waals surface area contributed by atoms with Crippen LogP contribution in [0.25, 0.3) is 0 Å². The van der Waals surface area contributed by atoms with Gasteiger partial charge in [0.25, 0.3) is 0 Å². The Hall–Kier alpha value is -0.530. The highest BCUT2D eigenvalue weighted by atomic mass is 16.1. The Kier molecular flexibility index (Phi) is 3.76. The van der Waals surface area contributed by atoms with Gasteiger partial charge in [-0.15, -0.1) is 0 Å². The molecule has 1 aliphatic rings. The predicted octanol–water partition coefficient (Wildman–Crippen LogP) is 2.34. The van der Waals surface area contributed by atoms with Gasteiger partial charge in [-0.1, -0.05) is 20.8 Å². The standard InChI is InChI=1S/C11H21NO/c1-8(2)6-11(13)12-10-5-4-9(3)7-10/h8-10H,4-7H2,1-3H3,(H,12,13). The minimum absolute atomic E-state index is 0.231. The van der Waals surface area contributed by atoms with E-state index in [-0.39, 0.29) is 5.91 Å². The van der Waals surface area contributed by atoms with Crippen molar-refractivity contribution in [2.75, 3.05) is 0 Å². The highest BCUT2D eigenvalue weighted by Crippen LogP contribution is 2.24. The molecule has 0 aliphatic heterocycles. The van der Waals surface area contributed by atoms with Crippen LogP contribution in [0.5, 0.6) is 0 Å². The summed E-state index contributed by atoms with van der Waals surface area (Å²) in [5, 5.41) is 3.10. The molecule has 0 aromatic heterocycles. The lowest BCUT2D eigenvalue weighted by Crippen LogP contribution is -2.33. The molecular weight excluding hydrogens is 162 g/mol. The summed E-state index contributed by atoms with van der Waals surface area (Å²) in [7, 11) is 0. The molecule has 2 unspecified atom stereocenters. The molecule has 0 saturated heterocycles. The number of carbonyl (C=O) groups excluding carboxylic acids is 1. The van der Waals surface area contributed by atoms with E-state index in [1.165, 1.54) is 19.3 Å². The van der Waals surface area contributed by atoms with Crippen molar-refractivity contribution in [1.29, 1.82) is 0 Å². The quantitative estimate of drug-likeness (QED) is 0.715. The van der Waals surface area contributed by atoms with Crippen molar-refractivity contribution in [3.8, 4) is 0 Å². The Bertz CT molecular complexity index is 177. The molecule has 0 aromatic rings. The van der Waals surface area contributed by atoms with Crippen LogP contribution < -0.4 is 5.32 Å². The largest absolute Gasteiger partial charge is 0.353 e. The third-order valence-electron chi connectivity index (χ3n) is 2.65. The monoisotopic (exact) mass is 183 g/mol. The van der Waals surface area contributed by atoms with Gasteiger partial charge in [-0.2, -0.15) is 0 Å². The Labute approximate surface area is 81.1 Å². The average molecular weight is 183 g/mol. The zero-order valence-corrected chi connectivity index (χ0v) is 8.97. The van der Waals surface area contributed by atoms with Crippen LogP contribution in [0, 0.1) is 11.8 Å². The summed E-state index contributed by atoms with van der Waals surface area (Å²) >= 11 is 0. The predicted molar refractivity (Wildman–Crippen MR) is 54.4 cm³/mol. The minimum Gasteiger partial charge on any atom is -0.353 e. The molecule has 1 rings (SSSR count). The summed E-state index contributed by atoms with van der Waals surface area (Å²) in [6, 6.07) is 0.459. The van der Waals surface area contributed by atoms with Crippen LogP contribution in [0.4, 0.5) is 0 Å². The summed E-state index contributed by atoms with van der Waals surface area (Å²) in [5.41, 5.74) is 0. The van der Waals surface area contributed by atoms with Gasteiger partial charge in [-0.05, 0) is 31.1 Å². The van der Waals surface area contributed by atoms with Crippen LogP contribution in [0.2, 0.25) is 0 Å². The molecule has 76 valence electrons. The summed E-state index contributed by atoms with van der Waals surface area (Å²) in [5.74, 6) is 1.50. The smallest absolute Gasteiger partial charge is 0.220 e. The molecule has 1 amide bonds. The second-order valence-corrected chi connectivity index (χ2v) is 4.78. The molecule has 1 fully saturated rings. The fourth-order valence-electron chi connectivity index (χ4n) is 2.00. The Morgan fingerprint density at radius 3 is 2.62 bits per heavy atom. The highest BCUT2D eigenvalue weighted by molar-refractivity contribution is 5.76. The number of amides is 1. The molecule has 0 spiro atoms. The third-order valence-corrected chi connectivity index (χ3v) is 2.65. The second kappa shape index (κ2) is 4.64. The van der Waals surface area contributed by atoms with Gasteiger partial charge >= 0.3 is 0 Å². The molecule has 0 aromatic carbocycles. The van der Waals surface area contributed by atoms with E-state index in [0.717, 1.165) is 5.92 Å². The van der Waals surface area contributed by atoms with Crippen LogP contribution in [-0.2, 0) is 4.79 Å². The molecule has 1 aliphatic carbocycles. The fourth-order valence-corrected chi connectivity index (χ4v) is 2.00. The number of carbonyl (C=O) groups is 1. The van der Waals surface area contributed by atoms with E-state index in [1.54, 1.807) is 0 Å². The van der Waals surface area contributed by atoms with Crippen LogP contribution >= 0.6 is 0 Å². The van der Waals surface area contributed by atoms with Crippen molar-refractivity contribution < 1.29 is 4.79 Å². The lowest BCUT2D eigenvalue weighted by molar-refractivity contribution is -0.122. The molecule has 2 nitrogen and oxygen atoms in total. The molecular formula is C11H21NO. The van der Waals surface area contributed by atoms with E-state index < -0.39 is 0 Å². The molecule has 0 radical (unpaired) electrons. The fraction of sp³-hybridized carbons (Fsp3) is 0.909. The van der Waals surface area contributed by atoms with Crippen molar-refractivity contribution >= 4 is 5.91 Å². The van der Waals surface area contributed by atoms with E-state index in [1.807, 2.05) is 0 Å². The Morgan fingerprint density at radius 1 is 1.46 bits per heavy atom. The Balaban J connectivity index is 2.21. The van der Waals surface area contributed by atoms with Gasteiger partial charge < -0.3 is 5.32 Å². The maximum absolute atomic E-state index is 11.4. The van der Waals surface area contributed by atoms with Crippen LogP contribution in [0.15, 0.2) is 0 Å². The lowest BCUT2D eigenvalue weighted by Gasteiger charge is -2.13. The number of rotatable bonds is 3. The van der Waals surface area contributed by atoms with Crippen molar-refractivity contribution in [3.05, 3.63) is 0 Å². The van der Waals surface area contributed by atoms with E-state index in [9.17, 15) is 4.79 Å². The average Bonchev–Trinajstić information content (AvgIpc) is 2.33. The summed E-state index contributed by atoms with van der Waals surface area (Å²) in [6.45, 7) is 6.42. The summed E-state index contributed by atoms with van der Waals surface area (Å²) in [4.78, 5) is 11.4. The maximum atomic E-state index is 11.4. The lowest BCUT2D eigenvalue weighted by atomic mass is 10.1. The molecule has 1 N–H and O–H groups in total. The third kappa shape index (κ3) is 3.79. The molecule has 13 heavy (non-hydrogen) atoms. The summed E-state index contributed by atoms with van der Waals surface area (Å²) < 4.78 is 0. The molecule has 0 heterocycles. The first-order chi connectivity index (χ1) is 6.08. The van der Waals surface area contributed by atoms with Crippen molar-refractivity contribution in [1.82, 2.24) is 5.32 Å². The number of hydrogen-bond donors (Lipinski definition) is 1. The number of nitrogens with one attached hydrogen (secondary N) is 1. The SMILES string of the molecule is CC(C)CC(=O)NC1CCC(C)C1. The first-order valence-corrected chi connectivity index (χ1v) is 5.37. The van der Waals surface area contributed by atoms with E-state index in [2.05, 4.69) is 26.1 Å². The van der Waals surface area contributed by atoms with Gasteiger partial charge in [0, 0.05) is 12.5 Å². The van der Waals surface area contributed by atoms with Crippen LogP contribution in [0.3, 0.4) is 0 Å². The van der Waals surface area contributed by atoms with Gasteiger partial charge in [-0.3, -0.25) is 4.79 Å². The molecule has 2 heteroatoms. The van der Waals surface area contributed by atoms with Gasteiger partial charge in [0.05, 0.1) is 0 Å².